The summed E-state index contributed by atoms with van der Waals surface area (Å²) in [5.74, 6) is 0.760. The minimum Gasteiger partial charge on any atom is -0.384 e. The van der Waals surface area contributed by atoms with Crippen molar-refractivity contribution in [3.05, 3.63) is 23.9 Å². The van der Waals surface area contributed by atoms with Gasteiger partial charge in [0.05, 0.1) is 12.2 Å². The summed E-state index contributed by atoms with van der Waals surface area (Å²) in [5, 5.41) is 0. The summed E-state index contributed by atoms with van der Waals surface area (Å²) in [6.07, 6.45) is 5.17. The Hall–Kier alpha value is -1.58. The molecular formula is C13H19N3O. The maximum absolute atomic E-state index is 11.9. The smallest absolute Gasteiger partial charge is 0.222 e. The number of hydrogen-bond donors (Lipinski definition) is 1. The monoisotopic (exact) mass is 233 g/mol. The normalized spacial score (nSPS) is 17.6. The van der Waals surface area contributed by atoms with E-state index in [2.05, 4.69) is 4.98 Å². The molecule has 0 radical (unpaired) electrons. The van der Waals surface area contributed by atoms with Crippen molar-refractivity contribution in [2.45, 2.75) is 38.6 Å². The average molecular weight is 233 g/mol. The van der Waals surface area contributed by atoms with Gasteiger partial charge in [-0.1, -0.05) is 18.9 Å². The SMILES string of the molecule is Nc1cccc(CN2CCCCCCC2=O)n1. The Bertz CT molecular complexity index is 392. The molecule has 92 valence electrons. The topological polar surface area (TPSA) is 59.2 Å². The Balaban J connectivity index is 2.02. The van der Waals surface area contributed by atoms with E-state index >= 15 is 0 Å². The number of likely N-dealkylation sites (tertiary alicyclic amines) is 1. The van der Waals surface area contributed by atoms with Gasteiger partial charge in [0.1, 0.15) is 5.82 Å². The molecule has 0 spiro atoms. The lowest BCUT2D eigenvalue weighted by Gasteiger charge is -2.24. The van der Waals surface area contributed by atoms with Crippen LogP contribution in [0.4, 0.5) is 5.82 Å². The lowest BCUT2D eigenvalue weighted by atomic mass is 10.1. The third-order valence-electron chi connectivity index (χ3n) is 3.10. The van der Waals surface area contributed by atoms with Crippen LogP contribution in [-0.4, -0.2) is 22.3 Å². The molecule has 1 aliphatic rings. The average Bonchev–Trinajstić information content (AvgIpc) is 2.29. The highest BCUT2D eigenvalue weighted by Crippen LogP contribution is 2.14. The molecule has 0 atom stereocenters. The number of nitrogens with two attached hydrogens (primary N) is 1. The molecule has 2 N–H and O–H groups in total. The van der Waals surface area contributed by atoms with Gasteiger partial charge in [-0.2, -0.15) is 0 Å². The van der Waals surface area contributed by atoms with Gasteiger partial charge in [-0.25, -0.2) is 4.98 Å². The summed E-state index contributed by atoms with van der Waals surface area (Å²) in [5.41, 5.74) is 6.51. The second kappa shape index (κ2) is 5.66. The summed E-state index contributed by atoms with van der Waals surface area (Å²) in [4.78, 5) is 18.1. The van der Waals surface area contributed by atoms with Crippen LogP contribution in [0.1, 0.15) is 37.8 Å². The van der Waals surface area contributed by atoms with Crippen LogP contribution in [0.5, 0.6) is 0 Å². The number of nitrogens with zero attached hydrogens (tertiary/aromatic N) is 2. The molecule has 2 heterocycles. The number of rotatable bonds is 2. The lowest BCUT2D eigenvalue weighted by Crippen LogP contribution is -2.32. The molecule has 0 saturated carbocycles. The number of nitrogen functional groups attached to an aromatic ring is 1. The number of carbonyl (C=O) groups is 1. The molecule has 1 amide bonds. The standard InChI is InChI=1S/C13H19N3O/c14-12-7-5-6-11(15-12)10-16-9-4-2-1-3-8-13(16)17/h5-7H,1-4,8-10H2,(H2,14,15). The number of aromatic nitrogens is 1. The van der Waals surface area contributed by atoms with Crippen LogP contribution < -0.4 is 5.73 Å². The fourth-order valence-corrected chi connectivity index (χ4v) is 2.16. The quantitative estimate of drug-likeness (QED) is 0.849. The summed E-state index contributed by atoms with van der Waals surface area (Å²) in [6, 6.07) is 5.56. The first kappa shape index (κ1) is 11.9. The summed E-state index contributed by atoms with van der Waals surface area (Å²) >= 11 is 0. The van der Waals surface area contributed by atoms with E-state index in [1.54, 1.807) is 6.07 Å². The van der Waals surface area contributed by atoms with Crippen LogP contribution in [0, 0.1) is 0 Å². The number of amides is 1. The van der Waals surface area contributed by atoms with E-state index in [4.69, 9.17) is 5.73 Å². The molecule has 0 unspecified atom stereocenters. The van der Waals surface area contributed by atoms with Gasteiger partial charge in [0.2, 0.25) is 5.91 Å². The zero-order valence-corrected chi connectivity index (χ0v) is 10.1. The number of hydrogen-bond acceptors (Lipinski definition) is 3. The highest BCUT2D eigenvalue weighted by molar-refractivity contribution is 5.76. The van der Waals surface area contributed by atoms with Crippen molar-refractivity contribution in [2.75, 3.05) is 12.3 Å². The Labute approximate surface area is 102 Å². The number of pyridine rings is 1. The maximum Gasteiger partial charge on any atom is 0.222 e. The van der Waals surface area contributed by atoms with Crippen molar-refractivity contribution in [1.82, 2.24) is 9.88 Å². The van der Waals surface area contributed by atoms with Crippen LogP contribution in [0.3, 0.4) is 0 Å². The Morgan fingerprint density at radius 2 is 2.06 bits per heavy atom. The van der Waals surface area contributed by atoms with Crippen molar-refractivity contribution < 1.29 is 4.79 Å². The van der Waals surface area contributed by atoms with E-state index in [-0.39, 0.29) is 5.91 Å². The van der Waals surface area contributed by atoms with Gasteiger partial charge in [-0.3, -0.25) is 4.79 Å². The zero-order chi connectivity index (χ0) is 12.1. The van der Waals surface area contributed by atoms with Gasteiger partial charge in [0, 0.05) is 13.0 Å². The molecule has 1 aliphatic heterocycles. The maximum atomic E-state index is 11.9. The van der Waals surface area contributed by atoms with Crippen molar-refractivity contribution in [2.24, 2.45) is 0 Å². The van der Waals surface area contributed by atoms with E-state index < -0.39 is 0 Å². The van der Waals surface area contributed by atoms with Crippen molar-refractivity contribution >= 4 is 11.7 Å². The number of carbonyl (C=O) groups excluding carboxylic acids is 1. The van der Waals surface area contributed by atoms with E-state index in [9.17, 15) is 4.79 Å². The van der Waals surface area contributed by atoms with Gasteiger partial charge < -0.3 is 10.6 Å². The fourth-order valence-electron chi connectivity index (χ4n) is 2.16. The van der Waals surface area contributed by atoms with Crippen LogP contribution in [0.25, 0.3) is 0 Å². The molecule has 1 aromatic rings. The van der Waals surface area contributed by atoms with Crippen molar-refractivity contribution in [3.63, 3.8) is 0 Å². The number of anilines is 1. The molecule has 0 bridgehead atoms. The van der Waals surface area contributed by atoms with Gasteiger partial charge in [-0.15, -0.1) is 0 Å². The Kier molecular flexibility index (Phi) is 3.96. The van der Waals surface area contributed by atoms with Crippen molar-refractivity contribution in [1.29, 1.82) is 0 Å². The van der Waals surface area contributed by atoms with Crippen LogP contribution >= 0.6 is 0 Å². The van der Waals surface area contributed by atoms with Gasteiger partial charge in [0.25, 0.3) is 0 Å². The second-order valence-electron chi connectivity index (χ2n) is 4.53. The Morgan fingerprint density at radius 3 is 2.88 bits per heavy atom. The molecule has 1 fully saturated rings. The molecule has 0 aliphatic carbocycles. The summed E-state index contributed by atoms with van der Waals surface area (Å²) in [6.45, 7) is 1.43. The third kappa shape index (κ3) is 3.44. The molecule has 1 saturated heterocycles. The molecule has 0 aromatic carbocycles. The molecule has 2 rings (SSSR count). The second-order valence-corrected chi connectivity index (χ2v) is 4.53. The van der Waals surface area contributed by atoms with Crippen LogP contribution in [0.2, 0.25) is 0 Å². The largest absolute Gasteiger partial charge is 0.384 e. The van der Waals surface area contributed by atoms with Gasteiger partial charge in [-0.05, 0) is 25.0 Å². The predicted molar refractivity (Wildman–Crippen MR) is 67.2 cm³/mol. The van der Waals surface area contributed by atoms with E-state index in [1.807, 2.05) is 17.0 Å². The van der Waals surface area contributed by atoms with Crippen molar-refractivity contribution in [3.8, 4) is 0 Å². The molecule has 4 nitrogen and oxygen atoms in total. The molecule has 4 heteroatoms. The highest BCUT2D eigenvalue weighted by Gasteiger charge is 2.16. The third-order valence-corrected chi connectivity index (χ3v) is 3.10. The predicted octanol–water partition coefficient (Wildman–Crippen LogP) is 1.96. The molecule has 17 heavy (non-hydrogen) atoms. The summed E-state index contributed by atoms with van der Waals surface area (Å²) < 4.78 is 0. The minimum atomic E-state index is 0.244. The first-order valence-corrected chi connectivity index (χ1v) is 6.25. The minimum absolute atomic E-state index is 0.244. The molecular weight excluding hydrogens is 214 g/mol. The fraction of sp³-hybridized carbons (Fsp3) is 0.538. The van der Waals surface area contributed by atoms with E-state index in [0.29, 0.717) is 18.8 Å². The summed E-state index contributed by atoms with van der Waals surface area (Å²) in [7, 11) is 0. The Morgan fingerprint density at radius 1 is 1.24 bits per heavy atom. The highest BCUT2D eigenvalue weighted by atomic mass is 16.2. The first-order valence-electron chi connectivity index (χ1n) is 6.25. The molecule has 1 aromatic heterocycles. The van der Waals surface area contributed by atoms with E-state index in [0.717, 1.165) is 25.1 Å². The van der Waals surface area contributed by atoms with E-state index in [1.165, 1.54) is 12.8 Å². The van der Waals surface area contributed by atoms with Crippen LogP contribution in [0.15, 0.2) is 18.2 Å². The van der Waals surface area contributed by atoms with Crippen LogP contribution in [-0.2, 0) is 11.3 Å². The van der Waals surface area contributed by atoms with Gasteiger partial charge >= 0.3 is 0 Å². The first-order chi connectivity index (χ1) is 8.25. The zero-order valence-electron chi connectivity index (χ0n) is 10.1. The van der Waals surface area contributed by atoms with Gasteiger partial charge in [0.15, 0.2) is 0 Å². The lowest BCUT2D eigenvalue weighted by molar-refractivity contribution is -0.132.